The van der Waals surface area contributed by atoms with E-state index in [1.165, 1.54) is 4.90 Å². The van der Waals surface area contributed by atoms with Crippen molar-refractivity contribution in [2.45, 2.75) is 31.2 Å². The van der Waals surface area contributed by atoms with Crippen LogP contribution in [0, 0.1) is 0 Å². The molecule has 3 aromatic carbocycles. The molecule has 0 bridgehead atoms. The third-order valence-corrected chi connectivity index (χ3v) is 5.87. The lowest BCUT2D eigenvalue weighted by Gasteiger charge is -2.15. The van der Waals surface area contributed by atoms with E-state index in [0.717, 1.165) is 12.2 Å². The number of nitrogens with one attached hydrogen (secondary N) is 2. The second kappa shape index (κ2) is 12.0. The molecule has 2 amide bonds. The highest BCUT2D eigenvalue weighted by atomic mass is 32.2. The summed E-state index contributed by atoms with van der Waals surface area (Å²) >= 11 is 1.74. The van der Waals surface area contributed by atoms with E-state index >= 15 is 0 Å². The van der Waals surface area contributed by atoms with Gasteiger partial charge in [0.1, 0.15) is 5.75 Å². The van der Waals surface area contributed by atoms with Gasteiger partial charge in [0.2, 0.25) is 0 Å². The minimum absolute atomic E-state index is 0.0601. The first-order valence-corrected chi connectivity index (χ1v) is 11.7. The highest BCUT2D eigenvalue weighted by molar-refractivity contribution is 7.99. The zero-order valence-electron chi connectivity index (χ0n) is 18.3. The van der Waals surface area contributed by atoms with Crippen LogP contribution in [0.4, 0.5) is 5.69 Å². The van der Waals surface area contributed by atoms with Crippen LogP contribution in [-0.2, 0) is 0 Å². The zero-order valence-corrected chi connectivity index (χ0v) is 19.2. The maximum atomic E-state index is 12.7. The van der Waals surface area contributed by atoms with Crippen LogP contribution in [0.3, 0.4) is 0 Å². The van der Waals surface area contributed by atoms with Gasteiger partial charge in [-0.1, -0.05) is 37.3 Å². The van der Waals surface area contributed by atoms with Gasteiger partial charge in [-0.15, -0.1) is 11.8 Å². The molecule has 0 radical (unpaired) electrons. The fourth-order valence-corrected chi connectivity index (χ4v) is 3.68. The fourth-order valence-electron chi connectivity index (χ4n) is 2.93. The largest absolute Gasteiger partial charge is 0.493 e. The molecule has 0 aliphatic carbocycles. The van der Waals surface area contributed by atoms with E-state index in [-0.39, 0.29) is 17.9 Å². The summed E-state index contributed by atoms with van der Waals surface area (Å²) in [7, 11) is 0. The third kappa shape index (κ3) is 6.89. The molecule has 0 fully saturated rings. The van der Waals surface area contributed by atoms with E-state index < -0.39 is 0 Å². The zero-order chi connectivity index (χ0) is 22.8. The number of ether oxygens (including phenoxy) is 1. The minimum Gasteiger partial charge on any atom is -0.493 e. The second-order valence-electron chi connectivity index (χ2n) is 7.32. The number of rotatable bonds is 10. The molecule has 2 N–H and O–H groups in total. The lowest BCUT2D eigenvalue weighted by atomic mass is 10.1. The number of thioether (sulfide) groups is 1. The van der Waals surface area contributed by atoms with Crippen LogP contribution in [0.15, 0.2) is 83.8 Å². The number of amides is 2. The van der Waals surface area contributed by atoms with Crippen LogP contribution in [-0.4, -0.2) is 30.2 Å². The summed E-state index contributed by atoms with van der Waals surface area (Å²) in [6.07, 6.45) is 0.833. The highest BCUT2D eigenvalue weighted by Crippen LogP contribution is 2.20. The Bertz CT molecular complexity index is 1020. The lowest BCUT2D eigenvalue weighted by Crippen LogP contribution is -2.32. The van der Waals surface area contributed by atoms with Crippen molar-refractivity contribution in [3.63, 3.8) is 0 Å². The van der Waals surface area contributed by atoms with Crippen molar-refractivity contribution in [1.29, 1.82) is 0 Å². The molecule has 3 aromatic rings. The summed E-state index contributed by atoms with van der Waals surface area (Å²) in [5, 5.41) is 5.78. The molecular weight excluding hydrogens is 420 g/mol. The van der Waals surface area contributed by atoms with Crippen LogP contribution in [0.2, 0.25) is 0 Å². The molecule has 1 atom stereocenters. The number of carbonyl (C=O) groups excluding carboxylic acids is 2. The van der Waals surface area contributed by atoms with Gasteiger partial charge in [-0.25, -0.2) is 0 Å². The Balaban J connectivity index is 1.54. The maximum Gasteiger partial charge on any atom is 0.255 e. The van der Waals surface area contributed by atoms with Crippen molar-refractivity contribution in [1.82, 2.24) is 5.32 Å². The SMILES string of the molecule is CC[C@@H](C)NC(=O)c1ccccc1NC(=O)c1ccc(OCCSc2ccccc2)cc1. The van der Waals surface area contributed by atoms with Crippen LogP contribution in [0.1, 0.15) is 41.0 Å². The molecule has 0 aromatic heterocycles. The molecule has 6 heteroatoms. The van der Waals surface area contributed by atoms with E-state index in [9.17, 15) is 9.59 Å². The summed E-state index contributed by atoms with van der Waals surface area (Å²) in [5.74, 6) is 1.07. The molecular formula is C26H28N2O3S. The van der Waals surface area contributed by atoms with Crippen LogP contribution in [0.5, 0.6) is 5.75 Å². The molecule has 0 spiro atoms. The number of para-hydroxylation sites is 1. The summed E-state index contributed by atoms with van der Waals surface area (Å²) < 4.78 is 5.77. The molecule has 0 aliphatic heterocycles. The van der Waals surface area contributed by atoms with Gasteiger partial charge in [-0.3, -0.25) is 9.59 Å². The average Bonchev–Trinajstić information content (AvgIpc) is 2.83. The number of hydrogen-bond acceptors (Lipinski definition) is 4. The van der Waals surface area contributed by atoms with E-state index in [0.29, 0.717) is 29.2 Å². The fraction of sp³-hybridized carbons (Fsp3) is 0.231. The quantitative estimate of drug-likeness (QED) is 0.311. The van der Waals surface area contributed by atoms with Gasteiger partial charge >= 0.3 is 0 Å². The summed E-state index contributed by atoms with van der Waals surface area (Å²) in [4.78, 5) is 26.5. The smallest absolute Gasteiger partial charge is 0.255 e. The van der Waals surface area contributed by atoms with E-state index in [1.54, 1.807) is 60.3 Å². The molecule has 3 rings (SSSR count). The molecule has 0 heterocycles. The van der Waals surface area contributed by atoms with Crippen LogP contribution < -0.4 is 15.4 Å². The topological polar surface area (TPSA) is 67.4 Å². The molecule has 32 heavy (non-hydrogen) atoms. The first-order valence-electron chi connectivity index (χ1n) is 10.7. The molecule has 166 valence electrons. The van der Waals surface area contributed by atoms with Crippen molar-refractivity contribution < 1.29 is 14.3 Å². The summed E-state index contributed by atoms with van der Waals surface area (Å²) in [6, 6.07) is 24.2. The molecule has 5 nitrogen and oxygen atoms in total. The van der Waals surface area contributed by atoms with Crippen molar-refractivity contribution in [3.05, 3.63) is 90.0 Å². The first-order chi connectivity index (χ1) is 15.6. The third-order valence-electron chi connectivity index (χ3n) is 4.89. The van der Waals surface area contributed by atoms with Gasteiger partial charge in [0, 0.05) is 22.3 Å². The summed E-state index contributed by atoms with van der Waals surface area (Å²) in [6.45, 7) is 4.53. The van der Waals surface area contributed by atoms with Crippen LogP contribution in [0.25, 0.3) is 0 Å². The standard InChI is InChI=1S/C26H28N2O3S/c1-3-19(2)27-26(30)23-11-7-8-12-24(23)28-25(29)20-13-15-21(16-14-20)31-17-18-32-22-9-5-4-6-10-22/h4-16,19H,3,17-18H2,1-2H3,(H,27,30)(H,28,29)/t19-/m1/s1. The Hall–Kier alpha value is -3.25. The number of carbonyl (C=O) groups is 2. The molecule has 0 saturated carbocycles. The van der Waals surface area contributed by atoms with Gasteiger partial charge in [-0.2, -0.15) is 0 Å². The Morgan fingerprint density at radius 3 is 2.31 bits per heavy atom. The van der Waals surface area contributed by atoms with Crippen molar-refractivity contribution in [2.75, 3.05) is 17.7 Å². The number of anilines is 1. The Kier molecular flexibility index (Phi) is 8.75. The Morgan fingerprint density at radius 2 is 1.59 bits per heavy atom. The molecule has 0 saturated heterocycles. The van der Waals surface area contributed by atoms with E-state index in [1.807, 2.05) is 32.0 Å². The normalized spacial score (nSPS) is 11.4. The Labute approximate surface area is 193 Å². The van der Waals surface area contributed by atoms with E-state index in [4.69, 9.17) is 4.74 Å². The van der Waals surface area contributed by atoms with Gasteiger partial charge in [0.25, 0.3) is 11.8 Å². The predicted octanol–water partition coefficient (Wildman–Crippen LogP) is 5.64. The van der Waals surface area contributed by atoms with Crippen molar-refractivity contribution in [3.8, 4) is 5.75 Å². The maximum absolute atomic E-state index is 12.7. The highest BCUT2D eigenvalue weighted by Gasteiger charge is 2.15. The van der Waals surface area contributed by atoms with Crippen molar-refractivity contribution >= 4 is 29.3 Å². The van der Waals surface area contributed by atoms with Gasteiger partial charge in [0.05, 0.1) is 17.9 Å². The first kappa shape index (κ1) is 23.4. The minimum atomic E-state index is -0.278. The van der Waals surface area contributed by atoms with Crippen LogP contribution >= 0.6 is 11.8 Å². The average molecular weight is 449 g/mol. The lowest BCUT2D eigenvalue weighted by molar-refractivity contribution is 0.0940. The summed E-state index contributed by atoms with van der Waals surface area (Å²) in [5.41, 5.74) is 1.42. The van der Waals surface area contributed by atoms with Crippen molar-refractivity contribution in [2.24, 2.45) is 0 Å². The predicted molar refractivity (Wildman–Crippen MR) is 131 cm³/mol. The molecule has 0 unspecified atom stereocenters. The Morgan fingerprint density at radius 1 is 0.906 bits per heavy atom. The van der Waals surface area contributed by atoms with Gasteiger partial charge in [-0.05, 0) is 61.9 Å². The van der Waals surface area contributed by atoms with Gasteiger partial charge < -0.3 is 15.4 Å². The number of benzene rings is 3. The monoisotopic (exact) mass is 448 g/mol. The van der Waals surface area contributed by atoms with Gasteiger partial charge in [0.15, 0.2) is 0 Å². The number of hydrogen-bond donors (Lipinski definition) is 2. The van der Waals surface area contributed by atoms with E-state index in [2.05, 4.69) is 22.8 Å². The molecule has 0 aliphatic rings. The second-order valence-corrected chi connectivity index (χ2v) is 8.49.